The average molecular weight is 732 g/mol. The Hall–Kier alpha value is -1.92. The number of aliphatic hydroxyl groups is 1. The van der Waals surface area contributed by atoms with E-state index in [9.17, 15) is 19.8 Å². The van der Waals surface area contributed by atoms with Gasteiger partial charge in [0, 0.05) is 17.5 Å². The maximum absolute atomic E-state index is 14.8. The van der Waals surface area contributed by atoms with E-state index in [1.54, 1.807) is 6.20 Å². The van der Waals surface area contributed by atoms with Gasteiger partial charge >= 0.3 is 5.97 Å². The lowest BCUT2D eigenvalue weighted by atomic mass is 9.71. The predicted molar refractivity (Wildman–Crippen MR) is 214 cm³/mol. The summed E-state index contributed by atoms with van der Waals surface area (Å²) in [4.78, 5) is 31.2. The predicted octanol–water partition coefficient (Wildman–Crippen LogP) is 10.9. The van der Waals surface area contributed by atoms with E-state index in [-0.39, 0.29) is 34.3 Å². The number of carbonyl (C=O) groups excluding carboxylic acids is 1. The second kappa shape index (κ2) is 18.7. The Morgan fingerprint density at radius 3 is 1.98 bits per heavy atom. The van der Waals surface area contributed by atoms with Crippen molar-refractivity contribution in [3.05, 3.63) is 47.3 Å². The van der Waals surface area contributed by atoms with Crippen LogP contribution in [-0.2, 0) is 18.4 Å². The number of carbonyl (C=O) groups is 2. The van der Waals surface area contributed by atoms with Gasteiger partial charge in [0.25, 0.3) is 0 Å². The highest BCUT2D eigenvalue weighted by atomic mass is 28.4. The highest BCUT2D eigenvalue weighted by Crippen LogP contribution is 2.44. The zero-order valence-corrected chi connectivity index (χ0v) is 36.6. The van der Waals surface area contributed by atoms with Crippen LogP contribution in [0.2, 0.25) is 36.3 Å². The van der Waals surface area contributed by atoms with E-state index in [0.717, 1.165) is 30.5 Å². The van der Waals surface area contributed by atoms with Crippen LogP contribution in [0, 0.1) is 17.3 Å². The summed E-state index contributed by atoms with van der Waals surface area (Å²) in [6, 6.07) is 5.74. The Bertz CT molecular complexity index is 1290. The van der Waals surface area contributed by atoms with Crippen molar-refractivity contribution in [1.82, 2.24) is 4.98 Å². The van der Waals surface area contributed by atoms with Gasteiger partial charge in [-0.2, -0.15) is 0 Å². The highest BCUT2D eigenvalue weighted by molar-refractivity contribution is 6.74. The second-order valence-corrected chi connectivity index (χ2v) is 27.7. The van der Waals surface area contributed by atoms with E-state index < -0.39 is 46.1 Å². The molecule has 0 aliphatic rings. The van der Waals surface area contributed by atoms with Crippen molar-refractivity contribution >= 4 is 34.5 Å². The maximum atomic E-state index is 14.8. The molecular weight excluding hydrogens is 659 g/mol. The molecule has 0 radical (unpaired) electrons. The van der Waals surface area contributed by atoms with Crippen LogP contribution < -0.4 is 0 Å². The summed E-state index contributed by atoms with van der Waals surface area (Å²) in [7, 11) is -4.66. The lowest BCUT2D eigenvalue weighted by Crippen LogP contribution is -2.54. The van der Waals surface area contributed by atoms with Gasteiger partial charge in [-0.1, -0.05) is 87.0 Å². The van der Waals surface area contributed by atoms with Gasteiger partial charge in [0.1, 0.15) is 5.78 Å². The van der Waals surface area contributed by atoms with Gasteiger partial charge in [-0.15, -0.1) is 0 Å². The van der Waals surface area contributed by atoms with Gasteiger partial charge in [-0.25, -0.2) is 0 Å². The van der Waals surface area contributed by atoms with Gasteiger partial charge in [0.05, 0.1) is 30.4 Å². The highest BCUT2D eigenvalue weighted by Gasteiger charge is 2.50. The molecular formula is C41H73NO6Si2. The van der Waals surface area contributed by atoms with Crippen LogP contribution in [-0.4, -0.2) is 61.9 Å². The van der Waals surface area contributed by atoms with E-state index in [2.05, 4.69) is 99.6 Å². The Labute approximate surface area is 308 Å². The number of ketones is 1. The summed E-state index contributed by atoms with van der Waals surface area (Å²) in [5, 5.41) is 20.5. The maximum Gasteiger partial charge on any atom is 0.305 e. The minimum Gasteiger partial charge on any atom is -0.481 e. The minimum atomic E-state index is -2.38. The first-order valence-electron chi connectivity index (χ1n) is 18.7. The third-order valence-electron chi connectivity index (χ3n) is 11.5. The van der Waals surface area contributed by atoms with Crippen LogP contribution in [0.4, 0.5) is 0 Å². The van der Waals surface area contributed by atoms with Gasteiger partial charge in [-0.05, 0) is 112 Å². The van der Waals surface area contributed by atoms with Crippen molar-refractivity contribution in [1.29, 1.82) is 0 Å². The Kier molecular flexibility index (Phi) is 17.3. The Morgan fingerprint density at radius 2 is 1.50 bits per heavy atom. The molecule has 0 saturated heterocycles. The molecule has 0 aliphatic carbocycles. The number of hydrogen-bond acceptors (Lipinski definition) is 6. The van der Waals surface area contributed by atoms with E-state index >= 15 is 0 Å². The van der Waals surface area contributed by atoms with E-state index in [1.165, 1.54) is 5.57 Å². The molecule has 286 valence electrons. The molecule has 0 bridgehead atoms. The normalized spacial score (nSPS) is 17.2. The van der Waals surface area contributed by atoms with Crippen molar-refractivity contribution in [2.75, 3.05) is 0 Å². The third kappa shape index (κ3) is 13.6. The molecule has 9 heteroatoms. The fourth-order valence-electron chi connectivity index (χ4n) is 5.71. The van der Waals surface area contributed by atoms with Crippen LogP contribution in [0.5, 0.6) is 0 Å². The van der Waals surface area contributed by atoms with Crippen molar-refractivity contribution < 1.29 is 28.7 Å². The van der Waals surface area contributed by atoms with Crippen molar-refractivity contribution in [3.63, 3.8) is 0 Å². The van der Waals surface area contributed by atoms with Gasteiger partial charge in [0.2, 0.25) is 0 Å². The van der Waals surface area contributed by atoms with Gasteiger partial charge in [0.15, 0.2) is 16.6 Å². The molecule has 1 aromatic rings. The molecule has 1 aromatic heterocycles. The average Bonchev–Trinajstić information content (AvgIpc) is 2.98. The SMILES string of the molecule is CC[C@@H](C(=O)C(C)(C)[C@H](CC(=O)O)O[Si](C)(C)C(C)(C)C)[C@@H](O[Si](C)(C)C(C)(C)C)[C@@H](C)CCC/C(C)=C/C[C@H](O)/C(C)=C/c1ccccn1. The number of carboxylic acids is 1. The second-order valence-electron chi connectivity index (χ2n) is 18.2. The van der Waals surface area contributed by atoms with E-state index in [1.807, 2.05) is 45.0 Å². The number of pyridine rings is 1. The Balaban J connectivity index is 3.28. The molecule has 2 N–H and O–H groups in total. The first-order valence-corrected chi connectivity index (χ1v) is 24.5. The molecule has 0 amide bonds. The third-order valence-corrected chi connectivity index (χ3v) is 20.5. The number of aliphatic hydroxyl groups excluding tert-OH is 1. The van der Waals surface area contributed by atoms with Crippen LogP contribution >= 0.6 is 0 Å². The standard InChI is InChI=1S/C41H73NO6Si2/c1-17-33(38(46)41(11,12)35(28-36(44)45)47-49(13,14)39(5,6)7)37(48-50(15,16)40(8,9)10)30(3)22-20-21-29(2)24-25-34(43)31(4)27-32-23-18-19-26-42-32/h18-19,23-24,26-27,30,33-35,37,43H,17,20-22,25,28H2,1-16H3,(H,44,45)/b29-24+,31-27+/t30-,33+,34-,35-,37-/m0/s1. The summed E-state index contributed by atoms with van der Waals surface area (Å²) < 4.78 is 13.9. The van der Waals surface area contributed by atoms with Crippen LogP contribution in [0.25, 0.3) is 6.08 Å². The molecule has 5 atom stereocenters. The summed E-state index contributed by atoms with van der Waals surface area (Å²) in [5.41, 5.74) is 1.92. The molecule has 0 aliphatic heterocycles. The van der Waals surface area contributed by atoms with Gasteiger partial charge < -0.3 is 19.1 Å². The smallest absolute Gasteiger partial charge is 0.305 e. The van der Waals surface area contributed by atoms with Crippen molar-refractivity contribution in [2.45, 2.75) is 176 Å². The zero-order chi connectivity index (χ0) is 38.9. The number of hydrogen-bond donors (Lipinski definition) is 2. The fourth-order valence-corrected chi connectivity index (χ4v) is 8.58. The van der Waals surface area contributed by atoms with Crippen molar-refractivity contribution in [3.8, 4) is 0 Å². The number of Topliss-reactive ketones (excluding diaryl/α,β-unsaturated/α-hetero) is 1. The molecule has 0 unspecified atom stereocenters. The van der Waals surface area contributed by atoms with E-state index in [4.69, 9.17) is 8.85 Å². The molecule has 1 rings (SSSR count). The summed E-state index contributed by atoms with van der Waals surface area (Å²) in [5.74, 6) is -1.22. The number of rotatable bonds is 20. The molecule has 50 heavy (non-hydrogen) atoms. The number of aromatic nitrogens is 1. The zero-order valence-electron chi connectivity index (χ0n) is 34.6. The lowest BCUT2D eigenvalue weighted by molar-refractivity contribution is -0.147. The first-order chi connectivity index (χ1) is 22.7. The fraction of sp³-hybridized carbons (Fsp3) is 0.732. The largest absolute Gasteiger partial charge is 0.481 e. The topological polar surface area (TPSA) is 106 Å². The van der Waals surface area contributed by atoms with Crippen molar-refractivity contribution in [2.24, 2.45) is 17.3 Å². The van der Waals surface area contributed by atoms with Crippen LogP contribution in [0.1, 0.15) is 127 Å². The molecule has 0 spiro atoms. The molecule has 0 aromatic carbocycles. The summed E-state index contributed by atoms with van der Waals surface area (Å²) >= 11 is 0. The number of aliphatic carboxylic acids is 1. The summed E-state index contributed by atoms with van der Waals surface area (Å²) in [6.45, 7) is 33.8. The molecule has 7 nitrogen and oxygen atoms in total. The summed E-state index contributed by atoms with van der Waals surface area (Å²) in [6.07, 6.45) is 7.84. The lowest BCUT2D eigenvalue weighted by Gasteiger charge is -2.47. The van der Waals surface area contributed by atoms with Gasteiger partial charge in [-0.3, -0.25) is 14.6 Å². The monoisotopic (exact) mass is 731 g/mol. The van der Waals surface area contributed by atoms with Crippen LogP contribution in [0.15, 0.2) is 41.6 Å². The first kappa shape index (κ1) is 46.1. The number of carboxylic acid groups (broad SMARTS) is 1. The molecule has 0 saturated carbocycles. The Morgan fingerprint density at radius 1 is 0.940 bits per heavy atom. The quantitative estimate of drug-likeness (QED) is 0.102. The van der Waals surface area contributed by atoms with E-state index in [0.29, 0.717) is 12.8 Å². The number of allylic oxidation sites excluding steroid dienone is 1. The number of nitrogens with zero attached hydrogens (tertiary/aromatic N) is 1. The van der Waals surface area contributed by atoms with Crippen LogP contribution in [0.3, 0.4) is 0 Å². The molecule has 0 fully saturated rings. The molecule has 1 heterocycles. The minimum absolute atomic E-state index is 0.0275.